The standard InChI is InChI=1S/C15H26N2O2/c1-3-16-10-14-4-5-15(19-14)12-17(2)11-13-6-8-18-9-7-13/h4-5,13,16H,3,6-12H2,1-2H3. The van der Waals surface area contributed by atoms with Gasteiger partial charge in [0.15, 0.2) is 0 Å². The zero-order valence-corrected chi connectivity index (χ0v) is 12.2. The summed E-state index contributed by atoms with van der Waals surface area (Å²) in [5.74, 6) is 2.86. The number of nitrogens with zero attached hydrogens (tertiary/aromatic N) is 1. The summed E-state index contributed by atoms with van der Waals surface area (Å²) < 4.78 is 11.2. The van der Waals surface area contributed by atoms with Crippen LogP contribution in [0.1, 0.15) is 31.3 Å². The molecule has 1 saturated heterocycles. The molecular formula is C15H26N2O2. The largest absolute Gasteiger partial charge is 0.463 e. The molecular weight excluding hydrogens is 240 g/mol. The van der Waals surface area contributed by atoms with Crippen LogP contribution in [0.4, 0.5) is 0 Å². The average molecular weight is 266 g/mol. The van der Waals surface area contributed by atoms with Crippen LogP contribution in [-0.2, 0) is 17.8 Å². The van der Waals surface area contributed by atoms with E-state index in [1.165, 1.54) is 12.8 Å². The molecule has 0 atom stereocenters. The van der Waals surface area contributed by atoms with Crippen molar-refractivity contribution in [3.8, 4) is 0 Å². The number of rotatable bonds is 7. The van der Waals surface area contributed by atoms with Gasteiger partial charge in [0, 0.05) is 19.8 Å². The van der Waals surface area contributed by atoms with Gasteiger partial charge >= 0.3 is 0 Å². The Morgan fingerprint density at radius 1 is 1.26 bits per heavy atom. The highest BCUT2D eigenvalue weighted by Gasteiger charge is 2.16. The zero-order valence-electron chi connectivity index (χ0n) is 12.2. The van der Waals surface area contributed by atoms with Gasteiger partial charge in [-0.1, -0.05) is 6.92 Å². The van der Waals surface area contributed by atoms with Crippen LogP contribution < -0.4 is 5.32 Å². The molecule has 1 aromatic rings. The second-order valence-electron chi connectivity index (χ2n) is 5.40. The molecule has 0 amide bonds. The monoisotopic (exact) mass is 266 g/mol. The quantitative estimate of drug-likeness (QED) is 0.821. The summed E-state index contributed by atoms with van der Waals surface area (Å²) in [4.78, 5) is 2.35. The van der Waals surface area contributed by atoms with E-state index in [1.54, 1.807) is 0 Å². The first-order valence-electron chi connectivity index (χ1n) is 7.32. The van der Waals surface area contributed by atoms with Gasteiger partial charge < -0.3 is 14.5 Å². The molecule has 1 aliphatic rings. The number of hydrogen-bond donors (Lipinski definition) is 1. The van der Waals surface area contributed by atoms with E-state index in [1.807, 2.05) is 0 Å². The van der Waals surface area contributed by atoms with E-state index in [2.05, 4.69) is 36.3 Å². The van der Waals surface area contributed by atoms with E-state index in [0.29, 0.717) is 0 Å². The molecule has 19 heavy (non-hydrogen) atoms. The third-order valence-electron chi connectivity index (χ3n) is 3.60. The van der Waals surface area contributed by atoms with Crippen molar-refractivity contribution in [1.29, 1.82) is 0 Å². The van der Waals surface area contributed by atoms with Crippen molar-refractivity contribution in [2.75, 3.05) is 33.4 Å². The first-order chi connectivity index (χ1) is 9.28. The molecule has 0 bridgehead atoms. The lowest BCUT2D eigenvalue weighted by atomic mass is 10.00. The zero-order chi connectivity index (χ0) is 13.5. The van der Waals surface area contributed by atoms with Crippen molar-refractivity contribution in [3.05, 3.63) is 23.7 Å². The molecule has 1 fully saturated rings. The van der Waals surface area contributed by atoms with Crippen LogP contribution in [0.3, 0.4) is 0 Å². The molecule has 4 heteroatoms. The van der Waals surface area contributed by atoms with Crippen molar-refractivity contribution in [2.24, 2.45) is 5.92 Å². The molecule has 0 spiro atoms. The van der Waals surface area contributed by atoms with Crippen LogP contribution in [0.5, 0.6) is 0 Å². The van der Waals surface area contributed by atoms with Crippen LogP contribution >= 0.6 is 0 Å². The van der Waals surface area contributed by atoms with Crippen molar-refractivity contribution in [2.45, 2.75) is 32.9 Å². The second kappa shape index (κ2) is 7.68. The third kappa shape index (κ3) is 4.97. The van der Waals surface area contributed by atoms with Gasteiger partial charge in [-0.2, -0.15) is 0 Å². The Morgan fingerprint density at radius 2 is 2.00 bits per heavy atom. The average Bonchev–Trinajstić information content (AvgIpc) is 2.85. The fraction of sp³-hybridized carbons (Fsp3) is 0.733. The summed E-state index contributed by atoms with van der Waals surface area (Å²) >= 11 is 0. The number of hydrogen-bond acceptors (Lipinski definition) is 4. The maximum atomic E-state index is 5.82. The summed E-state index contributed by atoms with van der Waals surface area (Å²) in [5, 5.41) is 3.28. The molecule has 0 saturated carbocycles. The summed E-state index contributed by atoms with van der Waals surface area (Å²) in [6, 6.07) is 4.16. The van der Waals surface area contributed by atoms with Crippen molar-refractivity contribution < 1.29 is 9.15 Å². The van der Waals surface area contributed by atoms with Gasteiger partial charge in [0.1, 0.15) is 11.5 Å². The minimum atomic E-state index is 0.773. The van der Waals surface area contributed by atoms with Crippen LogP contribution in [0.25, 0.3) is 0 Å². The minimum Gasteiger partial charge on any atom is -0.463 e. The van der Waals surface area contributed by atoms with Gasteiger partial charge in [-0.15, -0.1) is 0 Å². The summed E-state index contributed by atoms with van der Waals surface area (Å²) in [6.07, 6.45) is 2.38. The van der Waals surface area contributed by atoms with Gasteiger partial charge in [0.2, 0.25) is 0 Å². The van der Waals surface area contributed by atoms with Crippen LogP contribution in [0.15, 0.2) is 16.5 Å². The normalized spacial score (nSPS) is 17.2. The van der Waals surface area contributed by atoms with E-state index in [0.717, 1.165) is 56.8 Å². The Kier molecular flexibility index (Phi) is 5.89. The van der Waals surface area contributed by atoms with Gasteiger partial charge in [0.05, 0.1) is 13.1 Å². The highest BCUT2D eigenvalue weighted by molar-refractivity contribution is 5.07. The predicted molar refractivity (Wildman–Crippen MR) is 76.0 cm³/mol. The second-order valence-corrected chi connectivity index (χ2v) is 5.40. The molecule has 1 aromatic heterocycles. The number of nitrogens with one attached hydrogen (secondary N) is 1. The Bertz CT molecular complexity index is 359. The maximum Gasteiger partial charge on any atom is 0.118 e. The van der Waals surface area contributed by atoms with E-state index in [-0.39, 0.29) is 0 Å². The Balaban J connectivity index is 1.74. The lowest BCUT2D eigenvalue weighted by molar-refractivity contribution is 0.0542. The number of ether oxygens (including phenoxy) is 1. The van der Waals surface area contributed by atoms with E-state index in [9.17, 15) is 0 Å². The topological polar surface area (TPSA) is 37.6 Å². The molecule has 2 rings (SSSR count). The lowest BCUT2D eigenvalue weighted by Gasteiger charge is -2.26. The van der Waals surface area contributed by atoms with Crippen LogP contribution in [-0.4, -0.2) is 38.3 Å². The molecule has 1 N–H and O–H groups in total. The van der Waals surface area contributed by atoms with E-state index < -0.39 is 0 Å². The SMILES string of the molecule is CCNCc1ccc(CN(C)CC2CCOCC2)o1. The fourth-order valence-electron chi connectivity index (χ4n) is 2.55. The predicted octanol–water partition coefficient (Wildman–Crippen LogP) is 2.25. The minimum absolute atomic E-state index is 0.773. The summed E-state index contributed by atoms with van der Waals surface area (Å²) in [6.45, 7) is 7.76. The maximum absolute atomic E-state index is 5.82. The Labute approximate surface area is 116 Å². The van der Waals surface area contributed by atoms with Gasteiger partial charge in [-0.3, -0.25) is 4.90 Å². The Morgan fingerprint density at radius 3 is 2.74 bits per heavy atom. The van der Waals surface area contributed by atoms with E-state index in [4.69, 9.17) is 9.15 Å². The number of furan rings is 1. The van der Waals surface area contributed by atoms with Crippen molar-refractivity contribution in [1.82, 2.24) is 10.2 Å². The molecule has 1 aliphatic heterocycles. The fourth-order valence-corrected chi connectivity index (χ4v) is 2.55. The molecule has 108 valence electrons. The Hall–Kier alpha value is -0.840. The summed E-state index contributed by atoms with van der Waals surface area (Å²) in [7, 11) is 2.17. The smallest absolute Gasteiger partial charge is 0.118 e. The summed E-state index contributed by atoms with van der Waals surface area (Å²) in [5.41, 5.74) is 0. The highest BCUT2D eigenvalue weighted by Crippen LogP contribution is 2.17. The van der Waals surface area contributed by atoms with Crippen molar-refractivity contribution in [3.63, 3.8) is 0 Å². The van der Waals surface area contributed by atoms with Gasteiger partial charge in [0.25, 0.3) is 0 Å². The van der Waals surface area contributed by atoms with Crippen LogP contribution in [0, 0.1) is 5.92 Å². The highest BCUT2D eigenvalue weighted by atomic mass is 16.5. The molecule has 0 unspecified atom stereocenters. The van der Waals surface area contributed by atoms with E-state index >= 15 is 0 Å². The van der Waals surface area contributed by atoms with Crippen molar-refractivity contribution >= 4 is 0 Å². The van der Waals surface area contributed by atoms with Gasteiger partial charge in [-0.25, -0.2) is 0 Å². The van der Waals surface area contributed by atoms with Gasteiger partial charge in [-0.05, 0) is 44.5 Å². The first-order valence-corrected chi connectivity index (χ1v) is 7.32. The molecule has 0 aliphatic carbocycles. The first kappa shape index (κ1) is 14.6. The molecule has 2 heterocycles. The lowest BCUT2D eigenvalue weighted by Crippen LogP contribution is -2.29. The molecule has 4 nitrogen and oxygen atoms in total. The molecule has 0 aromatic carbocycles. The third-order valence-corrected chi connectivity index (χ3v) is 3.60. The molecule has 0 radical (unpaired) electrons. The van der Waals surface area contributed by atoms with Crippen LogP contribution in [0.2, 0.25) is 0 Å².